The van der Waals surface area contributed by atoms with Crippen molar-refractivity contribution in [3.8, 4) is 0 Å². The second-order valence-corrected chi connectivity index (χ2v) is 5.42. The Morgan fingerprint density at radius 2 is 2.19 bits per heavy atom. The molecule has 1 aromatic rings. The molecular formula is C14H25N5O2. The summed E-state index contributed by atoms with van der Waals surface area (Å²) in [6.07, 6.45) is 0.918. The van der Waals surface area contributed by atoms with Crippen LogP contribution in [0.3, 0.4) is 0 Å². The number of nitrogens with one attached hydrogen (secondary N) is 2. The summed E-state index contributed by atoms with van der Waals surface area (Å²) >= 11 is 0. The van der Waals surface area contributed by atoms with E-state index in [2.05, 4.69) is 20.4 Å². The maximum Gasteiger partial charge on any atom is 0.241 e. The highest BCUT2D eigenvalue weighted by Crippen LogP contribution is 2.17. The number of carbonyl (C=O) groups excluding carboxylic acids is 1. The highest BCUT2D eigenvalue weighted by molar-refractivity contribution is 5.83. The van der Waals surface area contributed by atoms with Crippen molar-refractivity contribution in [1.29, 1.82) is 0 Å². The first kappa shape index (κ1) is 15.9. The molecule has 4 N–H and O–H groups in total. The van der Waals surface area contributed by atoms with Crippen LogP contribution in [0.4, 0.5) is 0 Å². The van der Waals surface area contributed by atoms with Crippen molar-refractivity contribution in [3.05, 3.63) is 17.0 Å². The summed E-state index contributed by atoms with van der Waals surface area (Å²) in [5.74, 6) is -0.149. The highest BCUT2D eigenvalue weighted by Gasteiger charge is 2.21. The van der Waals surface area contributed by atoms with Crippen molar-refractivity contribution in [2.45, 2.75) is 26.3 Å². The van der Waals surface area contributed by atoms with Crippen LogP contribution >= 0.6 is 0 Å². The first-order chi connectivity index (χ1) is 10.1. The largest absolute Gasteiger partial charge is 0.379 e. The number of aromatic nitrogens is 2. The van der Waals surface area contributed by atoms with Gasteiger partial charge in [-0.25, -0.2) is 0 Å². The Balaban J connectivity index is 1.71. The van der Waals surface area contributed by atoms with Crippen LogP contribution in [-0.4, -0.2) is 60.4 Å². The fraction of sp³-hybridized carbons (Fsp3) is 0.714. The van der Waals surface area contributed by atoms with Gasteiger partial charge in [0.1, 0.15) is 6.04 Å². The van der Waals surface area contributed by atoms with Crippen molar-refractivity contribution in [1.82, 2.24) is 20.4 Å². The fourth-order valence-corrected chi connectivity index (χ4v) is 2.60. The zero-order valence-corrected chi connectivity index (χ0v) is 12.8. The molecule has 0 radical (unpaired) electrons. The number of H-pyrrole nitrogens is 1. The number of morpholine rings is 1. The molecule has 1 aliphatic heterocycles. The molecule has 7 nitrogen and oxygen atoms in total. The van der Waals surface area contributed by atoms with Gasteiger partial charge in [0.05, 0.1) is 18.9 Å². The number of aromatic amines is 1. The van der Waals surface area contributed by atoms with Crippen LogP contribution in [0.15, 0.2) is 0 Å². The fourth-order valence-electron chi connectivity index (χ4n) is 2.60. The molecule has 118 valence electrons. The van der Waals surface area contributed by atoms with Gasteiger partial charge in [0, 0.05) is 30.9 Å². The van der Waals surface area contributed by atoms with E-state index in [0.29, 0.717) is 6.54 Å². The summed E-state index contributed by atoms with van der Waals surface area (Å²) in [4.78, 5) is 14.4. The van der Waals surface area contributed by atoms with Gasteiger partial charge in [-0.15, -0.1) is 0 Å². The van der Waals surface area contributed by atoms with Gasteiger partial charge >= 0.3 is 0 Å². The van der Waals surface area contributed by atoms with E-state index >= 15 is 0 Å². The van der Waals surface area contributed by atoms with Gasteiger partial charge in [-0.3, -0.25) is 14.8 Å². The molecule has 1 aromatic heterocycles. The third-order valence-electron chi connectivity index (χ3n) is 3.83. The van der Waals surface area contributed by atoms with E-state index in [1.807, 2.05) is 13.8 Å². The normalized spacial score (nSPS) is 17.7. The van der Waals surface area contributed by atoms with Gasteiger partial charge in [-0.2, -0.15) is 5.10 Å². The van der Waals surface area contributed by atoms with Crippen LogP contribution in [0.1, 0.15) is 29.4 Å². The van der Waals surface area contributed by atoms with Crippen molar-refractivity contribution < 1.29 is 9.53 Å². The van der Waals surface area contributed by atoms with E-state index in [4.69, 9.17) is 10.5 Å². The van der Waals surface area contributed by atoms with Crippen molar-refractivity contribution in [3.63, 3.8) is 0 Å². The molecule has 1 fully saturated rings. The number of nitrogens with zero attached hydrogens (tertiary/aromatic N) is 2. The average molecular weight is 295 g/mol. The molecule has 7 heteroatoms. The minimum absolute atomic E-state index is 0.149. The highest BCUT2D eigenvalue weighted by atomic mass is 16.5. The van der Waals surface area contributed by atoms with E-state index < -0.39 is 6.04 Å². The lowest BCUT2D eigenvalue weighted by molar-refractivity contribution is -0.122. The summed E-state index contributed by atoms with van der Waals surface area (Å²) in [5, 5.41) is 9.83. The molecule has 0 bridgehead atoms. The number of rotatable bonds is 6. The zero-order chi connectivity index (χ0) is 15.2. The number of amides is 1. The van der Waals surface area contributed by atoms with Gasteiger partial charge in [0.25, 0.3) is 0 Å². The quantitative estimate of drug-likeness (QED) is 0.635. The summed E-state index contributed by atoms with van der Waals surface area (Å²) in [5.41, 5.74) is 8.43. The molecule has 0 aromatic carbocycles. The topological polar surface area (TPSA) is 96.3 Å². The predicted octanol–water partition coefficient (Wildman–Crippen LogP) is -0.135. The first-order valence-electron chi connectivity index (χ1n) is 7.44. The molecular weight excluding hydrogens is 270 g/mol. The molecule has 1 amide bonds. The SMILES string of the molecule is Cc1n[nH]c(C)c1[C@@H](N)C(=O)NCCCN1CCOCC1. The predicted molar refractivity (Wildman–Crippen MR) is 79.9 cm³/mol. The Kier molecular flexibility index (Phi) is 5.72. The number of aryl methyl sites for hydroxylation is 2. The first-order valence-corrected chi connectivity index (χ1v) is 7.44. The Morgan fingerprint density at radius 3 is 2.81 bits per heavy atom. The minimum Gasteiger partial charge on any atom is -0.379 e. The molecule has 0 unspecified atom stereocenters. The third-order valence-corrected chi connectivity index (χ3v) is 3.83. The zero-order valence-electron chi connectivity index (χ0n) is 12.8. The smallest absolute Gasteiger partial charge is 0.241 e. The Labute approximate surface area is 125 Å². The lowest BCUT2D eigenvalue weighted by Crippen LogP contribution is -2.39. The summed E-state index contributed by atoms with van der Waals surface area (Å²) in [6.45, 7) is 8.89. The van der Waals surface area contributed by atoms with Crippen molar-refractivity contribution in [2.75, 3.05) is 39.4 Å². The van der Waals surface area contributed by atoms with Crippen LogP contribution in [0.25, 0.3) is 0 Å². The minimum atomic E-state index is -0.660. The number of carbonyl (C=O) groups is 1. The van der Waals surface area contributed by atoms with Gasteiger partial charge in [0.15, 0.2) is 0 Å². The van der Waals surface area contributed by atoms with Crippen LogP contribution in [0.5, 0.6) is 0 Å². The average Bonchev–Trinajstić information content (AvgIpc) is 2.83. The third kappa shape index (κ3) is 4.26. The van der Waals surface area contributed by atoms with Crippen LogP contribution < -0.4 is 11.1 Å². The number of hydrogen-bond donors (Lipinski definition) is 3. The van der Waals surface area contributed by atoms with Crippen LogP contribution in [-0.2, 0) is 9.53 Å². The number of nitrogens with two attached hydrogens (primary N) is 1. The summed E-state index contributed by atoms with van der Waals surface area (Å²) in [7, 11) is 0. The van der Waals surface area contributed by atoms with E-state index in [-0.39, 0.29) is 5.91 Å². The van der Waals surface area contributed by atoms with E-state index in [0.717, 1.165) is 56.2 Å². The van der Waals surface area contributed by atoms with Crippen molar-refractivity contribution >= 4 is 5.91 Å². The molecule has 1 atom stereocenters. The van der Waals surface area contributed by atoms with Gasteiger partial charge in [-0.05, 0) is 26.8 Å². The lowest BCUT2D eigenvalue weighted by atomic mass is 10.1. The summed E-state index contributed by atoms with van der Waals surface area (Å²) < 4.78 is 5.30. The van der Waals surface area contributed by atoms with E-state index in [1.165, 1.54) is 0 Å². The standard InChI is InChI=1S/C14H25N5O2/c1-10-12(11(2)18-17-10)13(15)14(20)16-4-3-5-19-6-8-21-9-7-19/h13H,3-9,15H2,1-2H3,(H,16,20)(H,17,18)/t13-/m1/s1. The van der Waals surface area contributed by atoms with Crippen LogP contribution in [0.2, 0.25) is 0 Å². The van der Waals surface area contributed by atoms with Gasteiger partial charge in [0.2, 0.25) is 5.91 Å². The molecule has 2 heterocycles. The lowest BCUT2D eigenvalue weighted by Gasteiger charge is -2.26. The van der Waals surface area contributed by atoms with Gasteiger partial charge in [-0.1, -0.05) is 0 Å². The van der Waals surface area contributed by atoms with Gasteiger partial charge < -0.3 is 15.8 Å². The monoisotopic (exact) mass is 295 g/mol. The Bertz CT molecular complexity index is 448. The number of ether oxygens (including phenoxy) is 1. The van der Waals surface area contributed by atoms with E-state index in [9.17, 15) is 4.79 Å². The molecule has 21 heavy (non-hydrogen) atoms. The molecule has 1 aliphatic rings. The molecule has 1 saturated heterocycles. The van der Waals surface area contributed by atoms with Crippen molar-refractivity contribution in [2.24, 2.45) is 5.73 Å². The molecule has 0 saturated carbocycles. The second kappa shape index (κ2) is 7.53. The Morgan fingerprint density at radius 1 is 1.48 bits per heavy atom. The molecule has 0 aliphatic carbocycles. The van der Waals surface area contributed by atoms with E-state index in [1.54, 1.807) is 0 Å². The molecule has 0 spiro atoms. The second-order valence-electron chi connectivity index (χ2n) is 5.42. The van der Waals surface area contributed by atoms with Crippen LogP contribution in [0, 0.1) is 13.8 Å². The Hall–Kier alpha value is -1.44. The molecule has 2 rings (SSSR count). The maximum absolute atomic E-state index is 12.1. The maximum atomic E-state index is 12.1. The summed E-state index contributed by atoms with van der Waals surface area (Å²) in [6, 6.07) is -0.660. The number of hydrogen-bond acceptors (Lipinski definition) is 5.